The lowest BCUT2D eigenvalue weighted by atomic mass is 10.0. The Labute approximate surface area is 162 Å². The molecule has 1 heterocycles. The van der Waals surface area contributed by atoms with E-state index in [1.807, 2.05) is 6.07 Å². The number of hydrogen-bond acceptors (Lipinski definition) is 4. The van der Waals surface area contributed by atoms with E-state index in [1.165, 1.54) is 5.56 Å². The summed E-state index contributed by atoms with van der Waals surface area (Å²) in [5.41, 5.74) is 3.56. The molecule has 4 heteroatoms. The summed E-state index contributed by atoms with van der Waals surface area (Å²) in [4.78, 5) is 8.10. The summed E-state index contributed by atoms with van der Waals surface area (Å²) in [5, 5.41) is 4.48. The molecule has 27 heavy (non-hydrogen) atoms. The van der Waals surface area contributed by atoms with Crippen molar-refractivity contribution in [3.63, 3.8) is 0 Å². The Morgan fingerprint density at radius 2 is 1.63 bits per heavy atom. The van der Waals surface area contributed by atoms with Gasteiger partial charge in [0.15, 0.2) is 0 Å². The predicted octanol–water partition coefficient (Wildman–Crippen LogP) is 4.15. The van der Waals surface area contributed by atoms with Crippen molar-refractivity contribution in [2.45, 2.75) is 25.7 Å². The standard InChI is InChI=1S/C23H30N2O2/c1-3-9-21(10-4-1)11-7-14-23(22-12-5-2-6-13-22)24-27-18-8-15-25-16-19-26-20-17-25/h1-6,9-10,12-13H,7-8,11,14-20H2/b24-23+. The molecule has 0 bridgehead atoms. The second-order valence-corrected chi connectivity index (χ2v) is 6.88. The molecule has 3 rings (SSSR count). The van der Waals surface area contributed by atoms with Crippen LogP contribution in [0.3, 0.4) is 0 Å². The van der Waals surface area contributed by atoms with Gasteiger partial charge in [0.2, 0.25) is 0 Å². The molecule has 1 saturated heterocycles. The molecule has 0 aromatic heterocycles. The first kappa shape index (κ1) is 19.6. The van der Waals surface area contributed by atoms with E-state index in [0.717, 1.165) is 69.8 Å². The highest BCUT2D eigenvalue weighted by atomic mass is 16.6. The van der Waals surface area contributed by atoms with E-state index < -0.39 is 0 Å². The van der Waals surface area contributed by atoms with Crippen LogP contribution in [0.15, 0.2) is 65.8 Å². The number of rotatable bonds is 10. The number of hydrogen-bond donors (Lipinski definition) is 0. The molecule has 0 radical (unpaired) electrons. The normalized spacial score (nSPS) is 15.6. The Hall–Kier alpha value is -2.17. The van der Waals surface area contributed by atoms with Crippen LogP contribution in [0.4, 0.5) is 0 Å². The summed E-state index contributed by atoms with van der Waals surface area (Å²) in [7, 11) is 0. The van der Waals surface area contributed by atoms with E-state index in [-0.39, 0.29) is 0 Å². The molecule has 1 aliphatic rings. The zero-order chi connectivity index (χ0) is 18.6. The van der Waals surface area contributed by atoms with Crippen molar-refractivity contribution >= 4 is 5.71 Å². The molecule has 0 N–H and O–H groups in total. The van der Waals surface area contributed by atoms with Gasteiger partial charge in [0.1, 0.15) is 6.61 Å². The van der Waals surface area contributed by atoms with Gasteiger partial charge < -0.3 is 9.57 Å². The number of benzene rings is 2. The van der Waals surface area contributed by atoms with Gasteiger partial charge >= 0.3 is 0 Å². The molecule has 4 nitrogen and oxygen atoms in total. The van der Waals surface area contributed by atoms with E-state index in [1.54, 1.807) is 0 Å². The Morgan fingerprint density at radius 1 is 0.926 bits per heavy atom. The maximum absolute atomic E-state index is 5.67. The predicted molar refractivity (Wildman–Crippen MR) is 110 cm³/mol. The fourth-order valence-electron chi connectivity index (χ4n) is 3.28. The smallest absolute Gasteiger partial charge is 0.118 e. The third-order valence-electron chi connectivity index (χ3n) is 4.82. The molecule has 0 atom stereocenters. The van der Waals surface area contributed by atoms with Crippen molar-refractivity contribution in [2.75, 3.05) is 39.5 Å². The summed E-state index contributed by atoms with van der Waals surface area (Å²) < 4.78 is 5.38. The zero-order valence-corrected chi connectivity index (χ0v) is 16.1. The first-order valence-electron chi connectivity index (χ1n) is 10.00. The third-order valence-corrected chi connectivity index (χ3v) is 4.82. The first-order valence-corrected chi connectivity index (χ1v) is 10.00. The molecular weight excluding hydrogens is 336 g/mol. The van der Waals surface area contributed by atoms with Crippen molar-refractivity contribution in [2.24, 2.45) is 5.16 Å². The number of nitrogens with zero attached hydrogens (tertiary/aromatic N) is 2. The minimum atomic E-state index is 0.659. The zero-order valence-electron chi connectivity index (χ0n) is 16.1. The van der Waals surface area contributed by atoms with Gasteiger partial charge in [0.25, 0.3) is 0 Å². The van der Waals surface area contributed by atoms with Crippen LogP contribution in [0.5, 0.6) is 0 Å². The first-order chi connectivity index (χ1) is 13.4. The molecule has 2 aromatic carbocycles. The van der Waals surface area contributed by atoms with E-state index in [4.69, 9.17) is 9.57 Å². The summed E-state index contributed by atoms with van der Waals surface area (Å²) >= 11 is 0. The Kier molecular flexibility index (Phi) is 8.36. The second kappa shape index (κ2) is 11.5. The maximum atomic E-state index is 5.67. The minimum Gasteiger partial charge on any atom is -0.396 e. The molecule has 1 aliphatic heterocycles. The molecule has 2 aromatic rings. The van der Waals surface area contributed by atoms with Crippen LogP contribution < -0.4 is 0 Å². The van der Waals surface area contributed by atoms with Gasteiger partial charge in [0, 0.05) is 19.6 Å². The monoisotopic (exact) mass is 366 g/mol. The van der Waals surface area contributed by atoms with Gasteiger partial charge in [-0.3, -0.25) is 4.90 Å². The van der Waals surface area contributed by atoms with Gasteiger partial charge in [-0.05, 0) is 36.8 Å². The number of oxime groups is 1. The average molecular weight is 367 g/mol. The molecule has 0 amide bonds. The van der Waals surface area contributed by atoms with Crippen molar-refractivity contribution in [3.05, 3.63) is 71.8 Å². The second-order valence-electron chi connectivity index (χ2n) is 6.88. The highest BCUT2D eigenvalue weighted by Crippen LogP contribution is 2.11. The SMILES string of the molecule is c1ccc(CCC/C(=N\OCCCN2CCOCC2)c2ccccc2)cc1. The molecule has 144 valence electrons. The van der Waals surface area contributed by atoms with Gasteiger partial charge in [0.05, 0.1) is 18.9 Å². The number of aryl methyl sites for hydroxylation is 1. The van der Waals surface area contributed by atoms with E-state index in [2.05, 4.69) is 64.7 Å². The van der Waals surface area contributed by atoms with Crippen LogP contribution in [-0.2, 0) is 16.0 Å². The fraction of sp³-hybridized carbons (Fsp3) is 0.435. The molecule has 0 spiro atoms. The van der Waals surface area contributed by atoms with E-state index >= 15 is 0 Å². The lowest BCUT2D eigenvalue weighted by Gasteiger charge is -2.26. The Bertz CT molecular complexity index is 667. The Balaban J connectivity index is 1.46. The van der Waals surface area contributed by atoms with Crippen molar-refractivity contribution < 1.29 is 9.57 Å². The highest BCUT2D eigenvalue weighted by molar-refractivity contribution is 6.00. The van der Waals surface area contributed by atoms with Crippen LogP contribution in [0.25, 0.3) is 0 Å². The Morgan fingerprint density at radius 3 is 2.37 bits per heavy atom. The molecular formula is C23H30N2O2. The van der Waals surface area contributed by atoms with Crippen LogP contribution in [0, 0.1) is 0 Å². The largest absolute Gasteiger partial charge is 0.396 e. The molecule has 0 aliphatic carbocycles. The fourth-order valence-corrected chi connectivity index (χ4v) is 3.28. The minimum absolute atomic E-state index is 0.659. The van der Waals surface area contributed by atoms with Gasteiger partial charge in [-0.25, -0.2) is 0 Å². The lowest BCUT2D eigenvalue weighted by Crippen LogP contribution is -2.37. The van der Waals surface area contributed by atoms with Crippen molar-refractivity contribution in [3.8, 4) is 0 Å². The van der Waals surface area contributed by atoms with Crippen LogP contribution in [0.1, 0.15) is 30.4 Å². The third kappa shape index (κ3) is 7.16. The van der Waals surface area contributed by atoms with Crippen molar-refractivity contribution in [1.82, 2.24) is 4.90 Å². The average Bonchev–Trinajstić information content (AvgIpc) is 2.74. The summed E-state index contributed by atoms with van der Waals surface area (Å²) in [6, 6.07) is 21.0. The van der Waals surface area contributed by atoms with Gasteiger partial charge in [-0.15, -0.1) is 0 Å². The summed E-state index contributed by atoms with van der Waals surface area (Å²) in [6.45, 7) is 5.45. The number of morpholine rings is 1. The summed E-state index contributed by atoms with van der Waals surface area (Å²) in [5.74, 6) is 0. The summed E-state index contributed by atoms with van der Waals surface area (Å²) in [6.07, 6.45) is 4.04. The van der Waals surface area contributed by atoms with Gasteiger partial charge in [-0.2, -0.15) is 0 Å². The topological polar surface area (TPSA) is 34.1 Å². The quantitative estimate of drug-likeness (QED) is 0.360. The molecule has 0 saturated carbocycles. The maximum Gasteiger partial charge on any atom is 0.118 e. The highest BCUT2D eigenvalue weighted by Gasteiger charge is 2.09. The lowest BCUT2D eigenvalue weighted by molar-refractivity contribution is 0.0322. The van der Waals surface area contributed by atoms with Crippen molar-refractivity contribution in [1.29, 1.82) is 0 Å². The van der Waals surface area contributed by atoms with Gasteiger partial charge in [-0.1, -0.05) is 65.8 Å². The van der Waals surface area contributed by atoms with Crippen LogP contribution in [-0.4, -0.2) is 50.1 Å². The van der Waals surface area contributed by atoms with Crippen LogP contribution in [0.2, 0.25) is 0 Å². The molecule has 0 unspecified atom stereocenters. The van der Waals surface area contributed by atoms with Crippen LogP contribution >= 0.6 is 0 Å². The van der Waals surface area contributed by atoms with E-state index in [9.17, 15) is 0 Å². The van der Waals surface area contributed by atoms with E-state index in [0.29, 0.717) is 6.61 Å². The number of ether oxygens (including phenoxy) is 1. The molecule has 1 fully saturated rings.